The molecule has 3 N–H and O–H groups in total. The van der Waals surface area contributed by atoms with Gasteiger partial charge in [-0.1, -0.05) is 23.7 Å². The van der Waals surface area contributed by atoms with Gasteiger partial charge in [0.2, 0.25) is 0 Å². The zero-order chi connectivity index (χ0) is 24.1. The summed E-state index contributed by atoms with van der Waals surface area (Å²) in [6.45, 7) is 1.78. The topological polar surface area (TPSA) is 94.5 Å². The summed E-state index contributed by atoms with van der Waals surface area (Å²) in [7, 11) is 1.51. The number of methoxy groups -OCH3 is 1. The van der Waals surface area contributed by atoms with Crippen molar-refractivity contribution in [2.45, 2.75) is 12.8 Å². The minimum absolute atomic E-state index is 0.259. The first kappa shape index (κ1) is 23.3. The van der Waals surface area contributed by atoms with Gasteiger partial charge in [0, 0.05) is 34.9 Å². The lowest BCUT2D eigenvalue weighted by Gasteiger charge is -2.18. The predicted molar refractivity (Wildman–Crippen MR) is 134 cm³/mol. The molecule has 4 rings (SSSR count). The summed E-state index contributed by atoms with van der Waals surface area (Å²) >= 11 is 5.91. The van der Waals surface area contributed by atoms with E-state index in [1.54, 1.807) is 66.7 Å². The molecule has 0 atom stereocenters. The van der Waals surface area contributed by atoms with E-state index in [9.17, 15) is 9.59 Å². The number of anilines is 2. The molecule has 3 aromatic carbocycles. The molecular formula is C26H25ClN4O3. The second-order valence-electron chi connectivity index (χ2n) is 7.95. The van der Waals surface area contributed by atoms with Crippen molar-refractivity contribution in [1.82, 2.24) is 4.90 Å². The Balaban J connectivity index is 1.51. The Bertz CT molecular complexity index is 1200. The Labute approximate surface area is 203 Å². The first-order chi connectivity index (χ1) is 16.4. The molecule has 8 heteroatoms. The second-order valence-corrected chi connectivity index (χ2v) is 8.38. The van der Waals surface area contributed by atoms with Gasteiger partial charge in [-0.3, -0.25) is 15.0 Å². The van der Waals surface area contributed by atoms with Crippen LogP contribution in [0.25, 0.3) is 0 Å². The Morgan fingerprint density at radius 1 is 0.882 bits per heavy atom. The van der Waals surface area contributed by atoms with Gasteiger partial charge < -0.3 is 20.3 Å². The number of benzene rings is 3. The number of nitrogens with one attached hydrogen (secondary N) is 3. The second kappa shape index (κ2) is 10.4. The summed E-state index contributed by atoms with van der Waals surface area (Å²) in [6.07, 6.45) is 2.19. The van der Waals surface area contributed by atoms with E-state index in [0.717, 1.165) is 31.5 Å². The lowest BCUT2D eigenvalue weighted by atomic mass is 10.1. The molecule has 1 heterocycles. The van der Waals surface area contributed by atoms with Gasteiger partial charge in [-0.2, -0.15) is 0 Å². The number of hydrogen-bond donors (Lipinski definition) is 3. The van der Waals surface area contributed by atoms with Crippen molar-refractivity contribution in [2.75, 3.05) is 30.8 Å². The Morgan fingerprint density at radius 3 is 2.18 bits per heavy atom. The van der Waals surface area contributed by atoms with Crippen LogP contribution in [-0.4, -0.2) is 42.7 Å². The molecule has 34 heavy (non-hydrogen) atoms. The van der Waals surface area contributed by atoms with E-state index in [1.165, 1.54) is 7.11 Å². The number of rotatable bonds is 6. The predicted octanol–water partition coefficient (Wildman–Crippen LogP) is 5.27. The van der Waals surface area contributed by atoms with Gasteiger partial charge in [-0.05, 0) is 67.4 Å². The third-order valence-electron chi connectivity index (χ3n) is 5.66. The average Bonchev–Trinajstić information content (AvgIpc) is 3.40. The molecule has 174 valence electrons. The number of halogens is 1. The van der Waals surface area contributed by atoms with Gasteiger partial charge in [0.25, 0.3) is 11.8 Å². The average molecular weight is 477 g/mol. The SMILES string of the molecule is COc1ccc(NC(=O)c2ccc(C(=N)N3CCCC3)cc2)c(C(=O)Nc2ccc(Cl)cc2)c1. The van der Waals surface area contributed by atoms with Crippen molar-refractivity contribution >= 4 is 40.6 Å². The third-order valence-corrected chi connectivity index (χ3v) is 5.92. The molecule has 0 bridgehead atoms. The smallest absolute Gasteiger partial charge is 0.257 e. The van der Waals surface area contributed by atoms with Crippen LogP contribution in [0, 0.1) is 5.41 Å². The number of carbonyl (C=O) groups excluding carboxylic acids is 2. The minimum Gasteiger partial charge on any atom is -0.497 e. The molecule has 0 saturated carbocycles. The molecular weight excluding hydrogens is 452 g/mol. The maximum absolute atomic E-state index is 13.0. The first-order valence-corrected chi connectivity index (χ1v) is 11.3. The highest BCUT2D eigenvalue weighted by molar-refractivity contribution is 6.30. The summed E-state index contributed by atoms with van der Waals surface area (Å²) in [5, 5.41) is 14.5. The number of carbonyl (C=O) groups is 2. The Morgan fingerprint density at radius 2 is 1.53 bits per heavy atom. The van der Waals surface area contributed by atoms with Crippen LogP contribution in [0.2, 0.25) is 5.02 Å². The van der Waals surface area contributed by atoms with Crippen molar-refractivity contribution < 1.29 is 14.3 Å². The van der Waals surface area contributed by atoms with Crippen molar-refractivity contribution in [1.29, 1.82) is 5.41 Å². The van der Waals surface area contributed by atoms with Crippen molar-refractivity contribution in [3.8, 4) is 5.75 Å². The summed E-state index contributed by atoms with van der Waals surface area (Å²) < 4.78 is 5.26. The highest BCUT2D eigenvalue weighted by Crippen LogP contribution is 2.25. The number of hydrogen-bond acceptors (Lipinski definition) is 4. The van der Waals surface area contributed by atoms with Gasteiger partial charge >= 0.3 is 0 Å². The van der Waals surface area contributed by atoms with Crippen LogP contribution in [0.1, 0.15) is 39.1 Å². The zero-order valence-electron chi connectivity index (χ0n) is 18.7. The largest absolute Gasteiger partial charge is 0.497 e. The molecule has 1 aliphatic rings. The molecule has 0 aromatic heterocycles. The van der Waals surface area contributed by atoms with Crippen LogP contribution in [0.3, 0.4) is 0 Å². The molecule has 0 spiro atoms. The van der Waals surface area contributed by atoms with Crippen LogP contribution >= 0.6 is 11.6 Å². The molecule has 2 amide bonds. The van der Waals surface area contributed by atoms with E-state index in [4.69, 9.17) is 21.7 Å². The fourth-order valence-corrected chi connectivity index (χ4v) is 3.90. The van der Waals surface area contributed by atoms with E-state index in [2.05, 4.69) is 10.6 Å². The van der Waals surface area contributed by atoms with E-state index < -0.39 is 5.91 Å². The first-order valence-electron chi connectivity index (χ1n) is 10.9. The molecule has 0 aliphatic carbocycles. The van der Waals surface area contributed by atoms with Crippen LogP contribution in [0.4, 0.5) is 11.4 Å². The van der Waals surface area contributed by atoms with Gasteiger partial charge in [0.15, 0.2) is 0 Å². The van der Waals surface area contributed by atoms with Crippen molar-refractivity contribution in [2.24, 2.45) is 0 Å². The molecule has 1 fully saturated rings. The monoisotopic (exact) mass is 476 g/mol. The lowest BCUT2D eigenvalue weighted by Crippen LogP contribution is -2.27. The number of likely N-dealkylation sites (tertiary alicyclic amines) is 1. The molecule has 1 saturated heterocycles. The zero-order valence-corrected chi connectivity index (χ0v) is 19.5. The van der Waals surface area contributed by atoms with Gasteiger partial charge in [0.05, 0.1) is 18.4 Å². The van der Waals surface area contributed by atoms with Crippen molar-refractivity contribution in [3.05, 3.63) is 88.4 Å². The maximum Gasteiger partial charge on any atom is 0.257 e. The summed E-state index contributed by atoms with van der Waals surface area (Å²) in [5.74, 6) is 0.209. The van der Waals surface area contributed by atoms with E-state index in [0.29, 0.717) is 33.5 Å². The van der Waals surface area contributed by atoms with Crippen LogP contribution in [0.5, 0.6) is 5.75 Å². The Hall–Kier alpha value is -3.84. The number of amidine groups is 1. The molecule has 0 unspecified atom stereocenters. The molecule has 1 aliphatic heterocycles. The molecule has 0 radical (unpaired) electrons. The molecule has 3 aromatic rings. The summed E-state index contributed by atoms with van der Waals surface area (Å²) in [6, 6.07) is 18.5. The van der Waals surface area contributed by atoms with E-state index >= 15 is 0 Å². The highest BCUT2D eigenvalue weighted by atomic mass is 35.5. The van der Waals surface area contributed by atoms with Gasteiger partial charge in [-0.15, -0.1) is 0 Å². The third kappa shape index (κ3) is 5.38. The lowest BCUT2D eigenvalue weighted by molar-refractivity contribution is 0.102. The number of nitrogens with zero attached hydrogens (tertiary/aromatic N) is 1. The van der Waals surface area contributed by atoms with Gasteiger partial charge in [-0.25, -0.2) is 0 Å². The number of amides is 2. The van der Waals surface area contributed by atoms with Crippen molar-refractivity contribution in [3.63, 3.8) is 0 Å². The van der Waals surface area contributed by atoms with Crippen LogP contribution < -0.4 is 15.4 Å². The Kier molecular flexibility index (Phi) is 7.13. The normalized spacial score (nSPS) is 12.8. The summed E-state index contributed by atoms with van der Waals surface area (Å²) in [4.78, 5) is 27.9. The number of ether oxygens (including phenoxy) is 1. The van der Waals surface area contributed by atoms with Gasteiger partial charge in [0.1, 0.15) is 11.6 Å². The van der Waals surface area contributed by atoms with Crippen LogP contribution in [0.15, 0.2) is 66.7 Å². The highest BCUT2D eigenvalue weighted by Gasteiger charge is 2.18. The standard InChI is InChI=1S/C26H25ClN4O3/c1-34-21-12-13-23(22(16-21)26(33)29-20-10-8-19(27)9-11-20)30-25(32)18-6-4-17(5-7-18)24(28)31-14-2-3-15-31/h4-13,16,28H,2-3,14-15H2,1H3,(H,29,33)(H,30,32). The van der Waals surface area contributed by atoms with Crippen LogP contribution in [-0.2, 0) is 0 Å². The quantitative estimate of drug-likeness (QED) is 0.333. The summed E-state index contributed by atoms with van der Waals surface area (Å²) in [5.41, 5.74) is 2.38. The van der Waals surface area contributed by atoms with E-state index in [-0.39, 0.29) is 11.5 Å². The molecule has 7 nitrogen and oxygen atoms in total. The maximum atomic E-state index is 13.0. The van der Waals surface area contributed by atoms with E-state index in [1.807, 2.05) is 4.90 Å². The fraction of sp³-hybridized carbons (Fsp3) is 0.192. The fourth-order valence-electron chi connectivity index (χ4n) is 3.78. The minimum atomic E-state index is -0.397.